The summed E-state index contributed by atoms with van der Waals surface area (Å²) in [7, 11) is 4.14. The van der Waals surface area contributed by atoms with Crippen molar-refractivity contribution >= 4 is 51.4 Å². The Labute approximate surface area is 184 Å². The van der Waals surface area contributed by atoms with Gasteiger partial charge in [0.2, 0.25) is 0 Å². The van der Waals surface area contributed by atoms with Crippen LogP contribution in [0.2, 0.25) is 0 Å². The summed E-state index contributed by atoms with van der Waals surface area (Å²) in [6, 6.07) is 19.8. The highest BCUT2D eigenvalue weighted by atomic mass is 32.2. The second kappa shape index (κ2) is 9.38. The van der Waals surface area contributed by atoms with Crippen molar-refractivity contribution in [3.8, 4) is 0 Å². The van der Waals surface area contributed by atoms with Crippen molar-refractivity contribution in [3.05, 3.63) is 72.2 Å². The van der Waals surface area contributed by atoms with Crippen LogP contribution in [0.4, 0.5) is 16.2 Å². The number of likely N-dealkylation sites (N-methyl/N-ethyl adjacent to an activating group) is 1. The van der Waals surface area contributed by atoms with Crippen LogP contribution in [0, 0.1) is 0 Å². The highest BCUT2D eigenvalue weighted by Gasteiger charge is 2.07. The van der Waals surface area contributed by atoms with E-state index in [-0.39, 0.29) is 6.03 Å². The Balaban J connectivity index is 1.36. The van der Waals surface area contributed by atoms with E-state index in [0.29, 0.717) is 0 Å². The van der Waals surface area contributed by atoms with E-state index in [2.05, 4.69) is 64.0 Å². The summed E-state index contributed by atoms with van der Waals surface area (Å²) >= 11 is 3.44. The van der Waals surface area contributed by atoms with Crippen molar-refractivity contribution < 1.29 is 4.79 Å². The van der Waals surface area contributed by atoms with Crippen LogP contribution in [-0.2, 0) is 6.54 Å². The number of aromatic nitrogens is 1. The molecule has 0 aliphatic heterocycles. The van der Waals surface area contributed by atoms with Gasteiger partial charge in [-0.25, -0.2) is 4.79 Å². The summed E-state index contributed by atoms with van der Waals surface area (Å²) in [6.45, 7) is 1.92. The van der Waals surface area contributed by atoms with Crippen LogP contribution in [0.15, 0.2) is 81.3 Å². The van der Waals surface area contributed by atoms with Crippen LogP contribution in [0.3, 0.4) is 0 Å². The number of carbonyl (C=O) groups is 1. The summed E-state index contributed by atoms with van der Waals surface area (Å²) in [5.41, 5.74) is 2.70. The lowest BCUT2D eigenvalue weighted by Crippen LogP contribution is -2.19. The molecule has 0 radical (unpaired) electrons. The Morgan fingerprint density at radius 3 is 2.53 bits per heavy atom. The predicted octanol–water partition coefficient (Wildman–Crippen LogP) is 6.06. The van der Waals surface area contributed by atoms with Gasteiger partial charge in [0.1, 0.15) is 0 Å². The molecular formula is C23H24N4OS2. The molecule has 154 valence electrons. The van der Waals surface area contributed by atoms with Crippen molar-refractivity contribution in [2.75, 3.05) is 31.3 Å². The third-order valence-electron chi connectivity index (χ3n) is 4.64. The topological polar surface area (TPSA) is 49.3 Å². The second-order valence-electron chi connectivity index (χ2n) is 7.22. The number of hydrogen-bond donors (Lipinski definition) is 2. The summed E-state index contributed by atoms with van der Waals surface area (Å²) in [4.78, 5) is 15.7. The summed E-state index contributed by atoms with van der Waals surface area (Å²) in [5.74, 6) is 0. The molecule has 0 bridgehead atoms. The van der Waals surface area contributed by atoms with Gasteiger partial charge in [0, 0.05) is 46.5 Å². The van der Waals surface area contributed by atoms with E-state index in [1.807, 2.05) is 42.5 Å². The Morgan fingerprint density at radius 2 is 1.80 bits per heavy atom. The summed E-state index contributed by atoms with van der Waals surface area (Å²) < 4.78 is 3.48. The second-order valence-corrected chi connectivity index (χ2v) is 9.55. The molecular weight excluding hydrogens is 412 g/mol. The predicted molar refractivity (Wildman–Crippen MR) is 128 cm³/mol. The van der Waals surface area contributed by atoms with E-state index in [9.17, 15) is 4.79 Å². The zero-order chi connectivity index (χ0) is 20.9. The molecule has 0 spiro atoms. The van der Waals surface area contributed by atoms with Gasteiger partial charge >= 0.3 is 6.03 Å². The molecule has 0 aliphatic carbocycles. The van der Waals surface area contributed by atoms with Gasteiger partial charge in [0.05, 0.1) is 4.21 Å². The van der Waals surface area contributed by atoms with Crippen LogP contribution in [0.25, 0.3) is 10.9 Å². The first-order chi connectivity index (χ1) is 14.6. The summed E-state index contributed by atoms with van der Waals surface area (Å²) in [6.07, 6.45) is 2.09. The molecule has 2 aromatic carbocycles. The Morgan fingerprint density at radius 1 is 1.03 bits per heavy atom. The van der Waals surface area contributed by atoms with Crippen LogP contribution in [0.5, 0.6) is 0 Å². The molecule has 0 saturated carbocycles. The molecule has 4 aromatic rings. The normalized spacial score (nSPS) is 11.2. The van der Waals surface area contributed by atoms with Crippen molar-refractivity contribution in [1.82, 2.24) is 9.47 Å². The smallest absolute Gasteiger partial charge is 0.323 e. The van der Waals surface area contributed by atoms with E-state index in [4.69, 9.17) is 0 Å². The first-order valence-electron chi connectivity index (χ1n) is 9.70. The van der Waals surface area contributed by atoms with Gasteiger partial charge in [-0.2, -0.15) is 0 Å². The minimum Gasteiger partial charge on any atom is -0.346 e. The van der Waals surface area contributed by atoms with Gasteiger partial charge < -0.3 is 20.1 Å². The number of anilines is 2. The lowest BCUT2D eigenvalue weighted by Gasteiger charge is -2.12. The van der Waals surface area contributed by atoms with Gasteiger partial charge in [0.15, 0.2) is 0 Å². The fraction of sp³-hybridized carbons (Fsp3) is 0.174. The van der Waals surface area contributed by atoms with Gasteiger partial charge in [-0.1, -0.05) is 17.8 Å². The largest absolute Gasteiger partial charge is 0.346 e. The molecule has 0 saturated heterocycles. The lowest BCUT2D eigenvalue weighted by atomic mass is 10.2. The quantitative estimate of drug-likeness (QED) is 0.370. The molecule has 0 fully saturated rings. The number of nitrogens with one attached hydrogen (secondary N) is 2. The molecule has 4 rings (SSSR count). The fourth-order valence-corrected chi connectivity index (χ4v) is 4.87. The average Bonchev–Trinajstić information content (AvgIpc) is 3.37. The van der Waals surface area contributed by atoms with E-state index in [0.717, 1.165) is 34.7 Å². The fourth-order valence-electron chi connectivity index (χ4n) is 3.12. The zero-order valence-electron chi connectivity index (χ0n) is 17.0. The third-order valence-corrected chi connectivity index (χ3v) is 6.69. The van der Waals surface area contributed by atoms with Gasteiger partial charge in [0.25, 0.3) is 0 Å². The van der Waals surface area contributed by atoms with E-state index >= 15 is 0 Å². The maximum absolute atomic E-state index is 12.4. The first kappa shape index (κ1) is 20.5. The van der Waals surface area contributed by atoms with Gasteiger partial charge in [-0.05, 0) is 74.1 Å². The minimum atomic E-state index is -0.250. The molecule has 2 N–H and O–H groups in total. The first-order valence-corrected chi connectivity index (χ1v) is 11.4. The van der Waals surface area contributed by atoms with Crippen molar-refractivity contribution in [2.24, 2.45) is 0 Å². The van der Waals surface area contributed by atoms with Crippen molar-refractivity contribution in [3.63, 3.8) is 0 Å². The Bertz CT molecular complexity index is 1120. The lowest BCUT2D eigenvalue weighted by molar-refractivity contribution is 0.262. The number of rotatable bonds is 7. The average molecular weight is 437 g/mol. The van der Waals surface area contributed by atoms with Crippen molar-refractivity contribution in [2.45, 2.75) is 15.6 Å². The Hall–Kier alpha value is -2.74. The standard InChI is InChI=1S/C23H24N4OS2/c1-26(2)13-14-27-12-11-17-16-19(7-10-21(17)27)25-23(28)24-18-5-8-20(9-6-18)30-22-4-3-15-29-22/h3-12,15-16H,13-14H2,1-2H3,(H2,24,25,28). The number of amides is 2. The van der Waals surface area contributed by atoms with Gasteiger partial charge in [-0.15, -0.1) is 11.3 Å². The number of thiophene rings is 1. The van der Waals surface area contributed by atoms with E-state index in [1.54, 1.807) is 23.1 Å². The third kappa shape index (κ3) is 5.24. The molecule has 0 unspecified atom stereocenters. The van der Waals surface area contributed by atoms with Crippen molar-refractivity contribution in [1.29, 1.82) is 0 Å². The SMILES string of the molecule is CN(C)CCn1ccc2cc(NC(=O)Nc3ccc(Sc4cccs4)cc3)ccc21. The van der Waals surface area contributed by atoms with E-state index < -0.39 is 0 Å². The summed E-state index contributed by atoms with van der Waals surface area (Å²) in [5, 5.41) is 9.00. The number of fused-ring (bicyclic) bond motifs is 1. The van der Waals surface area contributed by atoms with Crippen LogP contribution in [0.1, 0.15) is 0 Å². The number of carbonyl (C=O) groups excluding carboxylic acids is 1. The maximum Gasteiger partial charge on any atom is 0.323 e. The molecule has 0 atom stereocenters. The number of nitrogens with zero attached hydrogens (tertiary/aromatic N) is 2. The molecule has 5 nitrogen and oxygen atoms in total. The van der Waals surface area contributed by atoms with Crippen LogP contribution >= 0.6 is 23.1 Å². The van der Waals surface area contributed by atoms with E-state index in [1.165, 1.54) is 9.73 Å². The molecule has 30 heavy (non-hydrogen) atoms. The molecule has 2 heterocycles. The molecule has 2 amide bonds. The maximum atomic E-state index is 12.4. The highest BCUT2D eigenvalue weighted by molar-refractivity contribution is 8.01. The number of benzene rings is 2. The van der Waals surface area contributed by atoms with Gasteiger partial charge in [-0.3, -0.25) is 0 Å². The Kier molecular flexibility index (Phi) is 6.42. The van der Waals surface area contributed by atoms with Crippen LogP contribution < -0.4 is 10.6 Å². The number of urea groups is 1. The minimum absolute atomic E-state index is 0.250. The molecule has 0 aliphatic rings. The number of hydrogen-bond acceptors (Lipinski definition) is 4. The highest BCUT2D eigenvalue weighted by Crippen LogP contribution is 2.31. The molecule has 7 heteroatoms. The zero-order valence-corrected chi connectivity index (χ0v) is 18.6. The molecule has 2 aromatic heterocycles. The van der Waals surface area contributed by atoms with Crippen LogP contribution in [-0.4, -0.2) is 36.1 Å². The monoisotopic (exact) mass is 436 g/mol.